The zero-order valence-corrected chi connectivity index (χ0v) is 23.5. The van der Waals surface area contributed by atoms with Gasteiger partial charge in [0.25, 0.3) is 0 Å². The summed E-state index contributed by atoms with van der Waals surface area (Å²) in [5.74, 6) is -0.642. The number of sulfonamides is 1. The molecular formula is C30H34FN3O5S. The van der Waals surface area contributed by atoms with Gasteiger partial charge in [0.05, 0.1) is 13.2 Å². The monoisotopic (exact) mass is 567 g/mol. The number of hydrogen-bond donors (Lipinski definition) is 2. The highest BCUT2D eigenvalue weighted by Gasteiger charge is 2.38. The van der Waals surface area contributed by atoms with Gasteiger partial charge in [-0.1, -0.05) is 61.5 Å². The molecule has 3 aromatic carbocycles. The van der Waals surface area contributed by atoms with Gasteiger partial charge in [-0.3, -0.25) is 0 Å². The summed E-state index contributed by atoms with van der Waals surface area (Å²) in [4.78, 5) is 14.3. The van der Waals surface area contributed by atoms with Gasteiger partial charge in [-0.25, -0.2) is 17.6 Å². The van der Waals surface area contributed by atoms with E-state index in [1.807, 2.05) is 49.4 Å². The van der Waals surface area contributed by atoms with Crippen LogP contribution in [0.4, 0.5) is 14.9 Å². The van der Waals surface area contributed by atoms with E-state index in [2.05, 4.69) is 5.32 Å². The molecule has 212 valence electrons. The van der Waals surface area contributed by atoms with Crippen molar-refractivity contribution in [1.29, 1.82) is 0 Å². The molecule has 1 aliphatic rings. The summed E-state index contributed by atoms with van der Waals surface area (Å²) in [5.41, 5.74) is 2.05. The Hall–Kier alpha value is -3.73. The number of benzene rings is 3. The van der Waals surface area contributed by atoms with Crippen molar-refractivity contribution in [2.45, 2.75) is 30.9 Å². The van der Waals surface area contributed by atoms with Crippen molar-refractivity contribution in [1.82, 2.24) is 9.21 Å². The first-order valence-electron chi connectivity index (χ1n) is 13.0. The second-order valence-corrected chi connectivity index (χ2v) is 11.9. The number of aliphatic hydroxyl groups excluding tert-OH is 1. The zero-order chi connectivity index (χ0) is 28.9. The Bertz CT molecular complexity index is 1470. The molecule has 0 aliphatic carbocycles. The molecule has 3 atom stereocenters. The number of carbonyl (C=O) groups is 1. The number of nitrogens with one attached hydrogen (secondary N) is 1. The van der Waals surface area contributed by atoms with Crippen LogP contribution >= 0.6 is 0 Å². The van der Waals surface area contributed by atoms with E-state index >= 15 is 0 Å². The van der Waals surface area contributed by atoms with Crippen LogP contribution in [-0.2, 0) is 10.0 Å². The maximum Gasteiger partial charge on any atom is 0.321 e. The lowest BCUT2D eigenvalue weighted by molar-refractivity contribution is 0.0830. The van der Waals surface area contributed by atoms with Crippen LogP contribution in [0.15, 0.2) is 77.7 Å². The Morgan fingerprint density at radius 1 is 1.12 bits per heavy atom. The van der Waals surface area contributed by atoms with Crippen LogP contribution in [0.25, 0.3) is 12.2 Å². The standard InChI is InChI=1S/C30H34FN3O5S/c1-21-18-34(22(2)20-35)40(37,38)29-15-14-24(13-12-23-8-5-4-6-9-23)16-27(29)39-28(21)19-33(3)30(36)32-26-11-7-10-25(31)17-26/h4-17,21-22,28,35H,18-20H2,1-3H3,(H,32,36)/b13-12+/t21-,22+,28-/m0/s1. The number of ether oxygens (including phenoxy) is 1. The highest BCUT2D eigenvalue weighted by atomic mass is 32.2. The van der Waals surface area contributed by atoms with Gasteiger partial charge in [-0.15, -0.1) is 0 Å². The van der Waals surface area contributed by atoms with Crippen LogP contribution in [0.3, 0.4) is 0 Å². The van der Waals surface area contributed by atoms with E-state index in [4.69, 9.17) is 4.74 Å². The number of nitrogens with zero attached hydrogens (tertiary/aromatic N) is 2. The summed E-state index contributed by atoms with van der Waals surface area (Å²) in [6.45, 7) is 3.37. The summed E-state index contributed by atoms with van der Waals surface area (Å²) in [7, 11) is -2.40. The lowest BCUT2D eigenvalue weighted by Crippen LogP contribution is -2.50. The van der Waals surface area contributed by atoms with E-state index in [0.717, 1.165) is 11.1 Å². The smallest absolute Gasteiger partial charge is 0.321 e. The van der Waals surface area contributed by atoms with Crippen LogP contribution in [-0.4, -0.2) is 67.7 Å². The Labute approximate surface area is 234 Å². The van der Waals surface area contributed by atoms with Gasteiger partial charge >= 0.3 is 6.03 Å². The normalized spacial score (nSPS) is 19.6. The first kappa shape index (κ1) is 29.3. The number of rotatable bonds is 7. The Morgan fingerprint density at radius 3 is 2.55 bits per heavy atom. The molecule has 40 heavy (non-hydrogen) atoms. The zero-order valence-electron chi connectivity index (χ0n) is 22.7. The van der Waals surface area contributed by atoms with Crippen molar-refractivity contribution in [3.05, 3.63) is 89.7 Å². The summed E-state index contributed by atoms with van der Waals surface area (Å²) in [5, 5.41) is 12.5. The summed E-state index contributed by atoms with van der Waals surface area (Å²) in [6.07, 6.45) is 3.21. The van der Waals surface area contributed by atoms with E-state index in [1.54, 1.807) is 32.2 Å². The molecule has 2 amide bonds. The van der Waals surface area contributed by atoms with Gasteiger partial charge in [-0.05, 0) is 48.4 Å². The first-order chi connectivity index (χ1) is 19.1. The van der Waals surface area contributed by atoms with Gasteiger partial charge < -0.3 is 20.1 Å². The van der Waals surface area contributed by atoms with Gasteiger partial charge in [0, 0.05) is 31.2 Å². The number of halogens is 1. The van der Waals surface area contributed by atoms with Crippen LogP contribution < -0.4 is 10.1 Å². The average molecular weight is 568 g/mol. The minimum absolute atomic E-state index is 0.00609. The summed E-state index contributed by atoms with van der Waals surface area (Å²) < 4.78 is 48.6. The molecule has 1 heterocycles. The van der Waals surface area contributed by atoms with Crippen molar-refractivity contribution < 1.29 is 27.4 Å². The summed E-state index contributed by atoms with van der Waals surface area (Å²) in [6, 6.07) is 19.1. The number of amides is 2. The van der Waals surface area contributed by atoms with Crippen LogP contribution in [0, 0.1) is 11.7 Å². The fraction of sp³-hybridized carbons (Fsp3) is 0.300. The minimum atomic E-state index is -3.99. The average Bonchev–Trinajstić information content (AvgIpc) is 2.93. The number of hydrogen-bond acceptors (Lipinski definition) is 5. The molecule has 0 saturated carbocycles. The third-order valence-electron chi connectivity index (χ3n) is 6.84. The molecule has 0 unspecified atom stereocenters. The third-order valence-corrected chi connectivity index (χ3v) is 8.85. The molecule has 0 radical (unpaired) electrons. The maximum absolute atomic E-state index is 13.7. The fourth-order valence-corrected chi connectivity index (χ4v) is 6.28. The quantitative estimate of drug-likeness (QED) is 0.395. The molecule has 0 spiro atoms. The van der Waals surface area contributed by atoms with Crippen molar-refractivity contribution in [2.24, 2.45) is 5.92 Å². The van der Waals surface area contributed by atoms with Gasteiger partial charge in [0.1, 0.15) is 22.6 Å². The molecule has 4 rings (SSSR count). The van der Waals surface area contributed by atoms with E-state index in [1.165, 1.54) is 33.5 Å². The lowest BCUT2D eigenvalue weighted by Gasteiger charge is -2.37. The van der Waals surface area contributed by atoms with Crippen molar-refractivity contribution in [2.75, 3.05) is 32.1 Å². The Balaban J connectivity index is 1.65. The van der Waals surface area contributed by atoms with Crippen LogP contribution in [0.5, 0.6) is 5.75 Å². The number of aliphatic hydroxyl groups is 1. The molecule has 3 aromatic rings. The van der Waals surface area contributed by atoms with Crippen LogP contribution in [0.2, 0.25) is 0 Å². The Kier molecular flexibility index (Phi) is 9.24. The number of carbonyl (C=O) groups excluding carboxylic acids is 1. The highest BCUT2D eigenvalue weighted by molar-refractivity contribution is 7.89. The second-order valence-electron chi connectivity index (χ2n) is 10.0. The maximum atomic E-state index is 13.7. The van der Waals surface area contributed by atoms with Gasteiger partial charge in [0.2, 0.25) is 10.0 Å². The molecule has 0 bridgehead atoms. The molecule has 10 heteroatoms. The Morgan fingerprint density at radius 2 is 1.85 bits per heavy atom. The van der Waals surface area contributed by atoms with E-state index in [-0.39, 0.29) is 36.3 Å². The second kappa shape index (κ2) is 12.6. The molecule has 8 nitrogen and oxygen atoms in total. The number of likely N-dealkylation sites (N-methyl/N-ethyl adjacent to an activating group) is 1. The molecule has 0 saturated heterocycles. The van der Waals surface area contributed by atoms with Crippen molar-refractivity contribution in [3.8, 4) is 5.75 Å². The topological polar surface area (TPSA) is 99.2 Å². The van der Waals surface area contributed by atoms with E-state index < -0.39 is 34.0 Å². The molecule has 0 fully saturated rings. The minimum Gasteiger partial charge on any atom is -0.487 e. The largest absolute Gasteiger partial charge is 0.487 e. The third kappa shape index (κ3) is 6.88. The van der Waals surface area contributed by atoms with Gasteiger partial charge in [0.15, 0.2) is 0 Å². The van der Waals surface area contributed by atoms with E-state index in [9.17, 15) is 22.7 Å². The molecule has 1 aliphatic heterocycles. The number of fused-ring (bicyclic) bond motifs is 1. The van der Waals surface area contributed by atoms with Crippen molar-refractivity contribution >= 4 is 33.9 Å². The first-order valence-corrected chi connectivity index (χ1v) is 14.5. The number of urea groups is 1. The lowest BCUT2D eigenvalue weighted by atomic mass is 10.0. The summed E-state index contributed by atoms with van der Waals surface area (Å²) >= 11 is 0. The molecular weight excluding hydrogens is 533 g/mol. The molecule has 0 aromatic heterocycles. The van der Waals surface area contributed by atoms with Gasteiger partial charge in [-0.2, -0.15) is 4.31 Å². The number of anilines is 1. The van der Waals surface area contributed by atoms with Crippen molar-refractivity contribution in [3.63, 3.8) is 0 Å². The molecule has 2 N–H and O–H groups in total. The van der Waals surface area contributed by atoms with Crippen LogP contribution in [0.1, 0.15) is 25.0 Å². The van der Waals surface area contributed by atoms with E-state index in [0.29, 0.717) is 5.69 Å². The predicted octanol–water partition coefficient (Wildman–Crippen LogP) is 4.93. The fourth-order valence-electron chi connectivity index (χ4n) is 4.46. The SMILES string of the molecule is C[C@H](CO)N1C[C@H](C)[C@H](CN(C)C(=O)Nc2cccc(F)c2)Oc2cc(/C=C/c3ccccc3)ccc2S1(=O)=O. The predicted molar refractivity (Wildman–Crippen MR) is 154 cm³/mol. The highest BCUT2D eigenvalue weighted by Crippen LogP contribution is 2.34.